The van der Waals surface area contributed by atoms with Crippen LogP contribution in [0.1, 0.15) is 36.6 Å². The lowest BCUT2D eigenvalue weighted by atomic mass is 9.98. The van der Waals surface area contributed by atoms with Crippen LogP contribution in [0.5, 0.6) is 0 Å². The molecule has 1 atom stereocenters. The summed E-state index contributed by atoms with van der Waals surface area (Å²) in [5.41, 5.74) is 3.72. The SMILES string of the molecule is c1cc([C@H]2CCCCN2Cc2ccc3cc[nH]c3c2)ncn1. The van der Waals surface area contributed by atoms with Crippen LogP contribution in [0.4, 0.5) is 0 Å². The maximum atomic E-state index is 4.48. The molecule has 1 saturated heterocycles. The van der Waals surface area contributed by atoms with Gasteiger partial charge in [0.2, 0.25) is 0 Å². The number of benzene rings is 1. The smallest absolute Gasteiger partial charge is 0.115 e. The lowest BCUT2D eigenvalue weighted by molar-refractivity contribution is 0.137. The van der Waals surface area contributed by atoms with Crippen molar-refractivity contribution in [3.05, 3.63) is 60.3 Å². The minimum atomic E-state index is 0.413. The first-order valence-electron chi connectivity index (χ1n) is 7.96. The third-order valence-corrected chi connectivity index (χ3v) is 4.57. The van der Waals surface area contributed by atoms with Gasteiger partial charge in [0.15, 0.2) is 0 Å². The van der Waals surface area contributed by atoms with Gasteiger partial charge < -0.3 is 4.98 Å². The number of piperidine rings is 1. The van der Waals surface area contributed by atoms with Gasteiger partial charge in [0.05, 0.1) is 11.7 Å². The summed E-state index contributed by atoms with van der Waals surface area (Å²) in [5, 5.41) is 1.27. The fraction of sp³-hybridized carbons (Fsp3) is 0.333. The van der Waals surface area contributed by atoms with E-state index in [9.17, 15) is 0 Å². The van der Waals surface area contributed by atoms with E-state index in [0.29, 0.717) is 6.04 Å². The maximum absolute atomic E-state index is 4.48. The van der Waals surface area contributed by atoms with E-state index >= 15 is 0 Å². The lowest BCUT2D eigenvalue weighted by Gasteiger charge is -2.35. The molecule has 1 N–H and O–H groups in total. The Kier molecular flexibility index (Phi) is 3.60. The minimum absolute atomic E-state index is 0.413. The minimum Gasteiger partial charge on any atom is -0.361 e. The molecule has 0 amide bonds. The highest BCUT2D eigenvalue weighted by molar-refractivity contribution is 5.79. The molecule has 1 fully saturated rings. The number of rotatable bonds is 3. The van der Waals surface area contributed by atoms with E-state index in [1.165, 1.54) is 35.7 Å². The van der Waals surface area contributed by atoms with Crippen LogP contribution in [0.25, 0.3) is 10.9 Å². The molecule has 1 aliphatic heterocycles. The number of hydrogen-bond donors (Lipinski definition) is 1. The van der Waals surface area contributed by atoms with Gasteiger partial charge in [-0.05, 0) is 48.5 Å². The molecule has 4 nitrogen and oxygen atoms in total. The number of aromatic nitrogens is 3. The molecule has 0 spiro atoms. The second-order valence-corrected chi connectivity index (χ2v) is 6.02. The number of likely N-dealkylation sites (tertiary alicyclic amines) is 1. The van der Waals surface area contributed by atoms with Gasteiger partial charge in [0.25, 0.3) is 0 Å². The summed E-state index contributed by atoms with van der Waals surface area (Å²) >= 11 is 0. The molecule has 1 aromatic carbocycles. The number of H-pyrrole nitrogens is 1. The van der Waals surface area contributed by atoms with Crippen LogP contribution in [0.15, 0.2) is 49.1 Å². The Morgan fingerprint density at radius 3 is 3.09 bits per heavy atom. The standard InChI is InChI=1S/C18H20N4/c1-2-10-22(18(3-1)16-7-8-19-13-21-16)12-14-4-5-15-6-9-20-17(15)11-14/h4-9,11,13,18,20H,1-3,10,12H2/t18-/m1/s1. The zero-order valence-corrected chi connectivity index (χ0v) is 12.6. The normalized spacial score (nSPS) is 19.5. The van der Waals surface area contributed by atoms with Crippen LogP contribution in [0.3, 0.4) is 0 Å². The van der Waals surface area contributed by atoms with E-state index in [0.717, 1.165) is 18.8 Å². The van der Waals surface area contributed by atoms with Crippen molar-refractivity contribution >= 4 is 10.9 Å². The molecule has 1 aliphatic rings. The first kappa shape index (κ1) is 13.5. The molecule has 0 bridgehead atoms. The third-order valence-electron chi connectivity index (χ3n) is 4.57. The van der Waals surface area contributed by atoms with Crippen molar-refractivity contribution in [1.82, 2.24) is 19.9 Å². The average Bonchev–Trinajstić information content (AvgIpc) is 3.04. The topological polar surface area (TPSA) is 44.8 Å². The predicted molar refractivity (Wildman–Crippen MR) is 87.3 cm³/mol. The Hall–Kier alpha value is -2.20. The summed E-state index contributed by atoms with van der Waals surface area (Å²) in [6.07, 6.45) is 9.24. The predicted octanol–water partition coefficient (Wildman–Crippen LogP) is 3.69. The van der Waals surface area contributed by atoms with Crippen molar-refractivity contribution in [3.8, 4) is 0 Å². The van der Waals surface area contributed by atoms with E-state index < -0.39 is 0 Å². The Morgan fingerprint density at radius 1 is 1.18 bits per heavy atom. The van der Waals surface area contributed by atoms with Gasteiger partial charge in [-0.3, -0.25) is 4.90 Å². The first-order chi connectivity index (χ1) is 10.9. The van der Waals surface area contributed by atoms with Gasteiger partial charge in [0, 0.05) is 24.5 Å². The third kappa shape index (κ3) is 2.62. The van der Waals surface area contributed by atoms with E-state index in [4.69, 9.17) is 0 Å². The van der Waals surface area contributed by atoms with Crippen molar-refractivity contribution in [2.24, 2.45) is 0 Å². The van der Waals surface area contributed by atoms with Gasteiger partial charge in [0.1, 0.15) is 6.33 Å². The Balaban J connectivity index is 1.59. The summed E-state index contributed by atoms with van der Waals surface area (Å²) in [6.45, 7) is 2.11. The molecular weight excluding hydrogens is 272 g/mol. The molecule has 112 valence electrons. The molecule has 0 radical (unpaired) electrons. The van der Waals surface area contributed by atoms with E-state index in [2.05, 4.69) is 50.2 Å². The van der Waals surface area contributed by atoms with Crippen molar-refractivity contribution < 1.29 is 0 Å². The number of aromatic amines is 1. The molecule has 3 heterocycles. The highest BCUT2D eigenvalue weighted by atomic mass is 15.2. The largest absolute Gasteiger partial charge is 0.361 e. The number of nitrogens with one attached hydrogen (secondary N) is 1. The molecule has 0 aliphatic carbocycles. The van der Waals surface area contributed by atoms with Crippen LogP contribution in [0, 0.1) is 0 Å². The number of nitrogens with zero attached hydrogens (tertiary/aromatic N) is 3. The number of hydrogen-bond acceptors (Lipinski definition) is 3. The molecule has 4 rings (SSSR count). The fourth-order valence-corrected chi connectivity index (χ4v) is 3.44. The zero-order valence-electron chi connectivity index (χ0n) is 12.6. The van der Waals surface area contributed by atoms with Crippen LogP contribution in [0.2, 0.25) is 0 Å². The van der Waals surface area contributed by atoms with E-state index in [1.807, 2.05) is 12.4 Å². The average molecular weight is 292 g/mol. The van der Waals surface area contributed by atoms with Crippen LogP contribution < -0.4 is 0 Å². The van der Waals surface area contributed by atoms with Crippen molar-refractivity contribution in [1.29, 1.82) is 0 Å². The fourth-order valence-electron chi connectivity index (χ4n) is 3.44. The number of fused-ring (bicyclic) bond motifs is 1. The Labute approximate surface area is 130 Å². The Bertz CT molecular complexity index is 750. The molecule has 2 aromatic heterocycles. The van der Waals surface area contributed by atoms with Gasteiger partial charge in [-0.15, -0.1) is 0 Å². The molecular formula is C18H20N4. The zero-order chi connectivity index (χ0) is 14.8. The summed E-state index contributed by atoms with van der Waals surface area (Å²) in [6, 6.07) is 11.3. The molecule has 3 aromatic rings. The monoisotopic (exact) mass is 292 g/mol. The Morgan fingerprint density at radius 2 is 2.18 bits per heavy atom. The van der Waals surface area contributed by atoms with Crippen LogP contribution in [-0.2, 0) is 6.54 Å². The van der Waals surface area contributed by atoms with Crippen LogP contribution >= 0.6 is 0 Å². The van der Waals surface area contributed by atoms with Crippen molar-refractivity contribution in [2.75, 3.05) is 6.54 Å². The maximum Gasteiger partial charge on any atom is 0.115 e. The molecule has 0 saturated carbocycles. The van der Waals surface area contributed by atoms with Gasteiger partial charge >= 0.3 is 0 Å². The summed E-state index contributed by atoms with van der Waals surface area (Å²) in [5.74, 6) is 0. The highest BCUT2D eigenvalue weighted by Crippen LogP contribution is 2.31. The van der Waals surface area contributed by atoms with Gasteiger partial charge in [-0.25, -0.2) is 9.97 Å². The molecule has 4 heteroatoms. The van der Waals surface area contributed by atoms with Crippen LogP contribution in [-0.4, -0.2) is 26.4 Å². The summed E-state index contributed by atoms with van der Waals surface area (Å²) in [7, 11) is 0. The van der Waals surface area contributed by atoms with E-state index in [1.54, 1.807) is 6.33 Å². The lowest BCUT2D eigenvalue weighted by Crippen LogP contribution is -2.33. The quantitative estimate of drug-likeness (QED) is 0.801. The van der Waals surface area contributed by atoms with Gasteiger partial charge in [-0.1, -0.05) is 18.6 Å². The summed E-state index contributed by atoms with van der Waals surface area (Å²) < 4.78 is 0. The molecule has 0 unspecified atom stereocenters. The second-order valence-electron chi connectivity index (χ2n) is 6.02. The van der Waals surface area contributed by atoms with Gasteiger partial charge in [-0.2, -0.15) is 0 Å². The highest BCUT2D eigenvalue weighted by Gasteiger charge is 2.24. The first-order valence-corrected chi connectivity index (χ1v) is 7.96. The van der Waals surface area contributed by atoms with Crippen molar-refractivity contribution in [3.63, 3.8) is 0 Å². The van der Waals surface area contributed by atoms with Crippen molar-refractivity contribution in [2.45, 2.75) is 31.8 Å². The van der Waals surface area contributed by atoms with E-state index in [-0.39, 0.29) is 0 Å². The summed E-state index contributed by atoms with van der Waals surface area (Å²) in [4.78, 5) is 14.4. The second kappa shape index (κ2) is 5.89. The molecule has 22 heavy (non-hydrogen) atoms.